The van der Waals surface area contributed by atoms with Gasteiger partial charge in [0.15, 0.2) is 0 Å². The van der Waals surface area contributed by atoms with E-state index in [9.17, 15) is 31.4 Å². The molecular weight excluding hydrogens is 993 g/mol. The van der Waals surface area contributed by atoms with Crippen LogP contribution < -0.4 is 14.2 Å². The Kier molecular flexibility index (Phi) is 21.9. The highest BCUT2D eigenvalue weighted by molar-refractivity contribution is 7.86. The summed E-state index contributed by atoms with van der Waals surface area (Å²) < 4.78 is 108. The number of phenolic OH excluding ortho intramolecular Hbond substituents is 1. The molecule has 0 aromatic heterocycles. The number of methoxy groups -OCH3 is 2. The summed E-state index contributed by atoms with van der Waals surface area (Å²) in [5.41, 5.74) is 3.76. The molecule has 0 saturated heterocycles. The zero-order valence-corrected chi connectivity index (χ0v) is 46.6. The maximum absolute atomic E-state index is 14.4. The molecule has 8 rings (SSSR count). The van der Waals surface area contributed by atoms with E-state index in [4.69, 9.17) is 27.4 Å². The fourth-order valence-electron chi connectivity index (χ4n) is 10.6. The summed E-state index contributed by atoms with van der Waals surface area (Å²) in [5, 5.41) is 9.57. The van der Waals surface area contributed by atoms with Crippen molar-refractivity contribution in [2.75, 3.05) is 72.6 Å². The van der Waals surface area contributed by atoms with Crippen molar-refractivity contribution in [2.45, 2.75) is 115 Å². The molecule has 4 aromatic rings. The van der Waals surface area contributed by atoms with E-state index in [2.05, 4.69) is 12.1 Å². The van der Waals surface area contributed by atoms with E-state index in [1.54, 1.807) is 57.9 Å². The Balaban J connectivity index is 0.000000191. The zero-order chi connectivity index (χ0) is 52.8. The van der Waals surface area contributed by atoms with Gasteiger partial charge in [0.05, 0.1) is 46.9 Å². The van der Waals surface area contributed by atoms with Gasteiger partial charge in [-0.15, -0.1) is 0 Å². The number of rotatable bonds is 22. The Morgan fingerprint density at radius 1 is 0.589 bits per heavy atom. The highest BCUT2D eigenvalue weighted by Gasteiger charge is 2.38. The highest BCUT2D eigenvalue weighted by Crippen LogP contribution is 2.55. The van der Waals surface area contributed by atoms with Gasteiger partial charge in [0.2, 0.25) is 14.7 Å². The van der Waals surface area contributed by atoms with Crippen LogP contribution in [0.2, 0.25) is 0 Å². The molecule has 4 atom stereocenters. The largest absolute Gasteiger partial charge is 0.508 e. The predicted octanol–water partition coefficient (Wildman–Crippen LogP) is 14.5. The molecular formula is C57H80F2O11P2S. The molecule has 404 valence electrons. The average molecular weight is 1070 g/mol. The highest BCUT2D eigenvalue weighted by atomic mass is 32.2. The average Bonchev–Trinajstić information content (AvgIpc) is 4.31. The topological polar surface area (TPSA) is 144 Å². The monoisotopic (exact) mass is 1070 g/mol. The first-order chi connectivity index (χ1) is 34.8. The number of halogens is 2. The van der Waals surface area contributed by atoms with Gasteiger partial charge in [-0.1, -0.05) is 24.3 Å². The van der Waals surface area contributed by atoms with Crippen LogP contribution >= 0.6 is 14.7 Å². The van der Waals surface area contributed by atoms with Gasteiger partial charge in [-0.2, -0.15) is 8.42 Å². The summed E-state index contributed by atoms with van der Waals surface area (Å²) in [6.45, 7) is 9.14. The molecule has 16 heteroatoms. The molecule has 0 aliphatic heterocycles. The first-order valence-corrected chi connectivity index (χ1v) is 32.6. The van der Waals surface area contributed by atoms with Crippen LogP contribution in [0.15, 0.2) is 84.9 Å². The first kappa shape index (κ1) is 58.5. The van der Waals surface area contributed by atoms with Crippen molar-refractivity contribution in [3.05, 3.63) is 119 Å². The lowest BCUT2D eigenvalue weighted by Crippen LogP contribution is -2.20. The van der Waals surface area contributed by atoms with Crippen LogP contribution in [0.4, 0.5) is 8.78 Å². The molecule has 1 N–H and O–H groups in total. The van der Waals surface area contributed by atoms with Gasteiger partial charge >= 0.3 is 0 Å². The van der Waals surface area contributed by atoms with E-state index in [1.165, 1.54) is 43.4 Å². The molecule has 0 spiro atoms. The van der Waals surface area contributed by atoms with Gasteiger partial charge in [-0.25, -0.2) is 8.78 Å². The Labute approximate surface area is 434 Å². The third-order valence-corrected chi connectivity index (χ3v) is 19.1. The van der Waals surface area contributed by atoms with E-state index in [1.807, 2.05) is 44.2 Å². The maximum atomic E-state index is 14.4. The van der Waals surface area contributed by atoms with Crippen LogP contribution in [-0.4, -0.2) is 86.1 Å². The van der Waals surface area contributed by atoms with Gasteiger partial charge in [-0.05, 0) is 221 Å². The quantitative estimate of drug-likeness (QED) is 0.0593. The second kappa shape index (κ2) is 27.3. The van der Waals surface area contributed by atoms with Gasteiger partial charge in [-0.3, -0.25) is 13.3 Å². The number of hydrogen-bond donors (Lipinski definition) is 1. The van der Waals surface area contributed by atoms with Crippen molar-refractivity contribution in [1.29, 1.82) is 0 Å². The van der Waals surface area contributed by atoms with E-state index in [0.717, 1.165) is 74.5 Å². The lowest BCUT2D eigenvalue weighted by molar-refractivity contribution is 0.199. The molecule has 4 unspecified atom stereocenters. The van der Waals surface area contributed by atoms with E-state index in [-0.39, 0.29) is 53.6 Å². The van der Waals surface area contributed by atoms with Crippen LogP contribution in [0.3, 0.4) is 0 Å². The Morgan fingerprint density at radius 2 is 1.03 bits per heavy atom. The summed E-state index contributed by atoms with van der Waals surface area (Å²) in [6, 6.07) is 25.5. The molecule has 0 radical (unpaired) electrons. The van der Waals surface area contributed by atoms with Crippen molar-refractivity contribution in [3.8, 4) is 23.0 Å². The van der Waals surface area contributed by atoms with E-state index < -0.39 is 24.9 Å². The standard InChI is InChI=1S/C28H38FO4P.C15H21FO4S.C14H21O3P/c1-4-33-34(3,30)19-27(22-12-13-22)23-6-5-7-25(16-23)32-18-20-8-10-21(11-9-20)26-17-24(31-2)14-15-28(26)29;1-19-13-7-8-15(16)14(9-13)12-5-3-11(4-6-12)10-20-21(2,17)18;1-3-17-18(2,16)10-14(11-7-8-11)12-5-4-6-13(15)9-12/h5-7,14-17,20-22,27H,4,8-13,18-19H2,1-3H3;7-9,11-12H,3-6,10H2,1-2H3;4-6,9,11,14-15H,3,7-8,10H2,1-2H3. The normalized spacial score (nSPS) is 22.4. The molecule has 0 amide bonds. The second-order valence-corrected chi connectivity index (χ2v) is 27.7. The van der Waals surface area contributed by atoms with Crippen molar-refractivity contribution in [1.82, 2.24) is 0 Å². The van der Waals surface area contributed by atoms with Crippen molar-refractivity contribution >= 4 is 24.9 Å². The Morgan fingerprint density at radius 3 is 1.44 bits per heavy atom. The smallest absolute Gasteiger partial charge is 0.264 e. The molecule has 4 aromatic carbocycles. The molecule has 4 fully saturated rings. The minimum atomic E-state index is -3.38. The van der Waals surface area contributed by atoms with Gasteiger partial charge in [0, 0.05) is 25.7 Å². The number of ether oxygens (including phenoxy) is 3. The van der Waals surface area contributed by atoms with Crippen molar-refractivity contribution in [3.63, 3.8) is 0 Å². The lowest BCUT2D eigenvalue weighted by atomic mass is 9.79. The van der Waals surface area contributed by atoms with Gasteiger partial charge in [0.25, 0.3) is 10.1 Å². The zero-order valence-electron chi connectivity index (χ0n) is 44.0. The van der Waals surface area contributed by atoms with Crippen LogP contribution in [0.25, 0.3) is 0 Å². The van der Waals surface area contributed by atoms with Crippen LogP contribution in [0.5, 0.6) is 23.0 Å². The van der Waals surface area contributed by atoms with Gasteiger partial charge in [0.1, 0.15) is 34.6 Å². The van der Waals surface area contributed by atoms with E-state index in [0.29, 0.717) is 67.0 Å². The van der Waals surface area contributed by atoms with Crippen molar-refractivity contribution in [2.24, 2.45) is 23.7 Å². The molecule has 4 aliphatic rings. The summed E-state index contributed by atoms with van der Waals surface area (Å²) in [6.07, 6.45) is 14.3. The SMILES string of the molecule is CCOP(C)(=O)CC(c1cccc(O)c1)C1CC1.CCOP(C)(=O)CC(c1cccc(OCC2CCC(c3cc(OC)ccc3F)CC2)c1)C1CC1.COc1ccc(F)c(C2CCC(COS(C)(=O)=O)CC2)c1. The lowest BCUT2D eigenvalue weighted by Gasteiger charge is -2.29. The Bertz CT molecular complexity index is 2570. The molecule has 11 nitrogen and oxygen atoms in total. The summed E-state index contributed by atoms with van der Waals surface area (Å²) in [4.78, 5) is 0. The molecule has 0 bridgehead atoms. The molecule has 73 heavy (non-hydrogen) atoms. The Hall–Kier alpha value is -3.77. The molecule has 4 saturated carbocycles. The molecule has 4 aliphatic carbocycles. The fraction of sp³-hybridized carbons (Fsp3) is 0.579. The number of aromatic hydroxyl groups is 1. The molecule has 0 heterocycles. The summed E-state index contributed by atoms with van der Waals surface area (Å²) >= 11 is 0. The van der Waals surface area contributed by atoms with Gasteiger partial charge < -0.3 is 28.4 Å². The van der Waals surface area contributed by atoms with Crippen LogP contribution in [-0.2, 0) is 32.5 Å². The minimum Gasteiger partial charge on any atom is -0.508 e. The van der Waals surface area contributed by atoms with Crippen molar-refractivity contribution < 1.29 is 58.9 Å². The first-order valence-electron chi connectivity index (χ1n) is 26.2. The fourth-order valence-corrected chi connectivity index (χ4v) is 14.8. The summed E-state index contributed by atoms with van der Waals surface area (Å²) in [5.74, 6) is 5.00. The second-order valence-electron chi connectivity index (χ2n) is 20.8. The number of benzene rings is 4. The van der Waals surface area contributed by atoms with E-state index >= 15 is 0 Å². The minimum absolute atomic E-state index is 0.136. The van der Waals surface area contributed by atoms with Crippen LogP contribution in [0, 0.1) is 35.3 Å². The third kappa shape index (κ3) is 19.1. The summed E-state index contributed by atoms with van der Waals surface area (Å²) in [7, 11) is -5.32. The number of hydrogen-bond acceptors (Lipinski definition) is 11. The number of phenols is 1. The maximum Gasteiger partial charge on any atom is 0.264 e. The van der Waals surface area contributed by atoms with Crippen LogP contribution in [0.1, 0.15) is 137 Å². The predicted molar refractivity (Wildman–Crippen MR) is 287 cm³/mol. The third-order valence-electron chi connectivity index (χ3n) is 14.8.